The summed E-state index contributed by atoms with van der Waals surface area (Å²) in [6.07, 6.45) is 5.15. The molecule has 0 saturated carbocycles. The number of hydrogen-bond acceptors (Lipinski definition) is 2. The molecule has 0 radical (unpaired) electrons. The van der Waals surface area contributed by atoms with E-state index in [-0.39, 0.29) is 6.54 Å². The first kappa shape index (κ1) is 14.6. The Balaban J connectivity index is 2.90. The summed E-state index contributed by atoms with van der Waals surface area (Å²) in [4.78, 5) is 25.4. The van der Waals surface area contributed by atoms with E-state index in [2.05, 4.69) is 5.92 Å². The third-order valence-electron chi connectivity index (χ3n) is 2.55. The van der Waals surface area contributed by atoms with Crippen molar-refractivity contribution in [2.45, 2.75) is 6.92 Å². The SMILES string of the molecule is C#CCN(CC(=O)O)C(=O)N(C)c1cccc(C)c1. The number of carboxylic acids is 1. The van der Waals surface area contributed by atoms with Gasteiger partial charge in [-0.15, -0.1) is 6.42 Å². The van der Waals surface area contributed by atoms with E-state index in [1.54, 1.807) is 13.1 Å². The Labute approximate surface area is 112 Å². The van der Waals surface area contributed by atoms with Crippen LogP contribution in [0.1, 0.15) is 5.56 Å². The third-order valence-corrected chi connectivity index (χ3v) is 2.55. The number of aryl methyl sites for hydroxylation is 1. The molecule has 5 heteroatoms. The molecule has 0 aromatic heterocycles. The van der Waals surface area contributed by atoms with Gasteiger partial charge < -0.3 is 10.0 Å². The lowest BCUT2D eigenvalue weighted by Crippen LogP contribution is -2.44. The monoisotopic (exact) mass is 260 g/mol. The molecular formula is C14H16N2O3. The summed E-state index contributed by atoms with van der Waals surface area (Å²) in [6, 6.07) is 6.92. The zero-order valence-electron chi connectivity index (χ0n) is 11.0. The molecular weight excluding hydrogens is 244 g/mol. The maximum absolute atomic E-state index is 12.2. The van der Waals surface area contributed by atoms with Crippen LogP contribution >= 0.6 is 0 Å². The Bertz CT molecular complexity index is 520. The van der Waals surface area contributed by atoms with Crippen molar-refractivity contribution in [3.63, 3.8) is 0 Å². The fourth-order valence-electron chi connectivity index (χ4n) is 1.62. The second kappa shape index (κ2) is 6.45. The van der Waals surface area contributed by atoms with Crippen LogP contribution in [-0.2, 0) is 4.79 Å². The number of anilines is 1. The van der Waals surface area contributed by atoms with Crippen molar-refractivity contribution in [1.82, 2.24) is 4.90 Å². The highest BCUT2D eigenvalue weighted by molar-refractivity contribution is 5.93. The number of nitrogens with zero attached hydrogens (tertiary/aromatic N) is 2. The zero-order valence-corrected chi connectivity index (χ0v) is 11.0. The molecule has 5 nitrogen and oxygen atoms in total. The first-order chi connectivity index (χ1) is 8.95. The molecule has 0 aliphatic rings. The van der Waals surface area contributed by atoms with Crippen molar-refractivity contribution < 1.29 is 14.7 Å². The summed E-state index contributed by atoms with van der Waals surface area (Å²) in [5.74, 6) is 1.19. The van der Waals surface area contributed by atoms with E-state index in [4.69, 9.17) is 11.5 Å². The Kier molecular flexibility index (Phi) is 4.95. The second-order valence-corrected chi connectivity index (χ2v) is 4.13. The van der Waals surface area contributed by atoms with Crippen molar-refractivity contribution in [3.8, 4) is 12.3 Å². The Morgan fingerprint density at radius 2 is 2.11 bits per heavy atom. The number of terminal acetylenes is 1. The van der Waals surface area contributed by atoms with Gasteiger partial charge >= 0.3 is 12.0 Å². The quantitative estimate of drug-likeness (QED) is 0.836. The van der Waals surface area contributed by atoms with E-state index >= 15 is 0 Å². The predicted molar refractivity (Wildman–Crippen MR) is 73.0 cm³/mol. The molecule has 2 amide bonds. The normalized spacial score (nSPS) is 9.53. The lowest BCUT2D eigenvalue weighted by Gasteiger charge is -2.25. The highest BCUT2D eigenvalue weighted by atomic mass is 16.4. The van der Waals surface area contributed by atoms with Gasteiger partial charge in [-0.05, 0) is 24.6 Å². The van der Waals surface area contributed by atoms with Gasteiger partial charge in [0.15, 0.2) is 0 Å². The molecule has 1 N–H and O–H groups in total. The molecule has 0 spiro atoms. The number of aliphatic carboxylic acids is 1. The number of carboxylic acid groups (broad SMARTS) is 1. The predicted octanol–water partition coefficient (Wildman–Crippen LogP) is 1.57. The van der Waals surface area contributed by atoms with Crippen LogP contribution in [0, 0.1) is 19.3 Å². The molecule has 0 heterocycles. The van der Waals surface area contributed by atoms with E-state index in [0.717, 1.165) is 10.5 Å². The number of urea groups is 1. The van der Waals surface area contributed by atoms with Gasteiger partial charge in [0, 0.05) is 12.7 Å². The molecule has 0 aliphatic heterocycles. The summed E-state index contributed by atoms with van der Waals surface area (Å²) in [7, 11) is 1.59. The van der Waals surface area contributed by atoms with Crippen LogP contribution in [0.5, 0.6) is 0 Å². The minimum absolute atomic E-state index is 0.0404. The van der Waals surface area contributed by atoms with Gasteiger partial charge in [0.1, 0.15) is 6.54 Å². The molecule has 0 atom stereocenters. The first-order valence-electron chi connectivity index (χ1n) is 5.70. The zero-order chi connectivity index (χ0) is 14.4. The van der Waals surface area contributed by atoms with Crippen molar-refractivity contribution in [2.24, 2.45) is 0 Å². The minimum Gasteiger partial charge on any atom is -0.480 e. The number of hydrogen-bond donors (Lipinski definition) is 1. The van der Waals surface area contributed by atoms with Crippen LogP contribution in [-0.4, -0.2) is 42.1 Å². The highest BCUT2D eigenvalue weighted by Crippen LogP contribution is 2.15. The molecule has 0 unspecified atom stereocenters. The molecule has 0 saturated heterocycles. The number of amides is 2. The summed E-state index contributed by atoms with van der Waals surface area (Å²) < 4.78 is 0. The van der Waals surface area contributed by atoms with E-state index in [1.165, 1.54) is 4.90 Å². The van der Waals surface area contributed by atoms with Crippen LogP contribution in [0.4, 0.5) is 10.5 Å². The Hall–Kier alpha value is -2.48. The third kappa shape index (κ3) is 4.03. The van der Waals surface area contributed by atoms with Gasteiger partial charge in [-0.3, -0.25) is 9.69 Å². The number of rotatable bonds is 4. The topological polar surface area (TPSA) is 60.9 Å². The summed E-state index contributed by atoms with van der Waals surface area (Å²) in [5, 5.41) is 8.77. The minimum atomic E-state index is -1.10. The molecule has 0 aliphatic carbocycles. The largest absolute Gasteiger partial charge is 0.480 e. The molecule has 0 bridgehead atoms. The maximum atomic E-state index is 12.2. The first-order valence-corrected chi connectivity index (χ1v) is 5.70. The molecule has 1 rings (SSSR count). The average molecular weight is 260 g/mol. The van der Waals surface area contributed by atoms with E-state index in [0.29, 0.717) is 5.69 Å². The highest BCUT2D eigenvalue weighted by Gasteiger charge is 2.20. The van der Waals surface area contributed by atoms with Crippen LogP contribution in [0.15, 0.2) is 24.3 Å². The Morgan fingerprint density at radius 3 is 2.63 bits per heavy atom. The van der Waals surface area contributed by atoms with Gasteiger partial charge in [0.25, 0.3) is 0 Å². The fraction of sp³-hybridized carbons (Fsp3) is 0.286. The van der Waals surface area contributed by atoms with Gasteiger partial charge in [0.2, 0.25) is 0 Å². The van der Waals surface area contributed by atoms with E-state index in [1.807, 2.05) is 25.1 Å². The second-order valence-electron chi connectivity index (χ2n) is 4.13. The summed E-state index contributed by atoms with van der Waals surface area (Å²) >= 11 is 0. The van der Waals surface area contributed by atoms with Gasteiger partial charge in [0.05, 0.1) is 6.54 Å². The average Bonchev–Trinajstić information content (AvgIpc) is 2.36. The van der Waals surface area contributed by atoms with Crippen LogP contribution in [0.3, 0.4) is 0 Å². The smallest absolute Gasteiger partial charge is 0.325 e. The van der Waals surface area contributed by atoms with Crippen LogP contribution < -0.4 is 4.90 Å². The lowest BCUT2D eigenvalue weighted by atomic mass is 10.2. The molecule has 19 heavy (non-hydrogen) atoms. The van der Waals surface area contributed by atoms with Gasteiger partial charge in [-0.25, -0.2) is 4.79 Å². The number of carbonyl (C=O) groups is 2. The van der Waals surface area contributed by atoms with Crippen molar-refractivity contribution >= 4 is 17.7 Å². The number of benzene rings is 1. The standard InChI is InChI=1S/C14H16N2O3/c1-4-8-16(10-13(17)18)14(19)15(3)12-7-5-6-11(2)9-12/h1,5-7,9H,8,10H2,2-3H3,(H,17,18). The van der Waals surface area contributed by atoms with E-state index in [9.17, 15) is 9.59 Å². The lowest BCUT2D eigenvalue weighted by molar-refractivity contribution is -0.137. The summed E-state index contributed by atoms with van der Waals surface area (Å²) in [5.41, 5.74) is 1.70. The van der Waals surface area contributed by atoms with Gasteiger partial charge in [-0.2, -0.15) is 0 Å². The van der Waals surface area contributed by atoms with Crippen molar-refractivity contribution in [1.29, 1.82) is 0 Å². The molecule has 1 aromatic carbocycles. The molecule has 0 fully saturated rings. The summed E-state index contributed by atoms with van der Waals surface area (Å²) in [6.45, 7) is 1.46. The van der Waals surface area contributed by atoms with E-state index < -0.39 is 18.5 Å². The van der Waals surface area contributed by atoms with Crippen LogP contribution in [0.2, 0.25) is 0 Å². The maximum Gasteiger partial charge on any atom is 0.325 e. The Morgan fingerprint density at radius 1 is 1.42 bits per heavy atom. The van der Waals surface area contributed by atoms with Crippen molar-refractivity contribution in [3.05, 3.63) is 29.8 Å². The van der Waals surface area contributed by atoms with Gasteiger partial charge in [-0.1, -0.05) is 18.1 Å². The number of carbonyl (C=O) groups excluding carboxylic acids is 1. The molecule has 100 valence electrons. The van der Waals surface area contributed by atoms with Crippen molar-refractivity contribution in [2.75, 3.05) is 25.0 Å². The van der Waals surface area contributed by atoms with Crippen LogP contribution in [0.25, 0.3) is 0 Å². The fourth-order valence-corrected chi connectivity index (χ4v) is 1.62. The molecule has 1 aromatic rings.